The molecule has 2 aromatic rings. The van der Waals surface area contributed by atoms with Crippen LogP contribution < -0.4 is 15.2 Å². The molecule has 0 aliphatic heterocycles. The minimum absolute atomic E-state index is 0.0426. The molecule has 5 nitrogen and oxygen atoms in total. The topological polar surface area (TPSA) is 81.2 Å². The molecule has 0 aliphatic carbocycles. The molecule has 0 bridgehead atoms. The predicted molar refractivity (Wildman–Crippen MR) is 72.6 cm³/mol. The summed E-state index contributed by atoms with van der Waals surface area (Å²) < 4.78 is 10.6. The van der Waals surface area contributed by atoms with Gasteiger partial charge in [0.2, 0.25) is 5.88 Å². The van der Waals surface area contributed by atoms with Gasteiger partial charge in [0.15, 0.2) is 0 Å². The van der Waals surface area contributed by atoms with Crippen molar-refractivity contribution < 1.29 is 9.47 Å². The second-order valence-corrected chi connectivity index (χ2v) is 3.90. The van der Waals surface area contributed by atoms with Gasteiger partial charge in [0.1, 0.15) is 18.2 Å². The lowest BCUT2D eigenvalue weighted by atomic mass is 10.2. The van der Waals surface area contributed by atoms with Gasteiger partial charge in [0.05, 0.1) is 12.8 Å². The van der Waals surface area contributed by atoms with E-state index in [-0.39, 0.29) is 5.84 Å². The van der Waals surface area contributed by atoms with Crippen molar-refractivity contribution in [2.75, 3.05) is 7.11 Å². The lowest BCUT2D eigenvalue weighted by Gasteiger charge is -2.07. The zero-order chi connectivity index (χ0) is 13.7. The van der Waals surface area contributed by atoms with Crippen LogP contribution in [0.15, 0.2) is 42.5 Å². The molecule has 98 valence electrons. The highest BCUT2D eigenvalue weighted by molar-refractivity contribution is 5.94. The summed E-state index contributed by atoms with van der Waals surface area (Å²) in [6.45, 7) is 0.358. The Bertz CT molecular complexity index is 567. The first kappa shape index (κ1) is 12.9. The van der Waals surface area contributed by atoms with Crippen LogP contribution in [0.4, 0.5) is 0 Å². The van der Waals surface area contributed by atoms with Crippen molar-refractivity contribution >= 4 is 5.84 Å². The van der Waals surface area contributed by atoms with Crippen LogP contribution in [0.2, 0.25) is 0 Å². The molecule has 19 heavy (non-hydrogen) atoms. The van der Waals surface area contributed by atoms with E-state index in [1.807, 2.05) is 12.1 Å². The van der Waals surface area contributed by atoms with Crippen LogP contribution in [0.5, 0.6) is 11.6 Å². The van der Waals surface area contributed by atoms with Crippen LogP contribution in [0.3, 0.4) is 0 Å². The van der Waals surface area contributed by atoms with E-state index < -0.39 is 0 Å². The van der Waals surface area contributed by atoms with Crippen LogP contribution in [-0.4, -0.2) is 17.9 Å². The monoisotopic (exact) mass is 257 g/mol. The summed E-state index contributed by atoms with van der Waals surface area (Å²) in [6, 6.07) is 12.6. The maximum Gasteiger partial charge on any atom is 0.213 e. The van der Waals surface area contributed by atoms with E-state index in [1.54, 1.807) is 37.4 Å². The third-order valence-corrected chi connectivity index (χ3v) is 2.54. The van der Waals surface area contributed by atoms with Crippen molar-refractivity contribution in [1.29, 1.82) is 5.41 Å². The minimum atomic E-state index is 0.0426. The highest BCUT2D eigenvalue weighted by atomic mass is 16.5. The number of hydrogen-bond acceptors (Lipinski definition) is 4. The number of benzene rings is 1. The van der Waals surface area contributed by atoms with Gasteiger partial charge in [0, 0.05) is 11.6 Å². The van der Waals surface area contributed by atoms with Gasteiger partial charge in [-0.05, 0) is 30.3 Å². The Morgan fingerprint density at radius 2 is 1.95 bits per heavy atom. The van der Waals surface area contributed by atoms with Crippen LogP contribution in [0, 0.1) is 5.41 Å². The Labute approximate surface area is 111 Å². The molecule has 3 N–H and O–H groups in total. The van der Waals surface area contributed by atoms with Crippen LogP contribution in [-0.2, 0) is 6.61 Å². The van der Waals surface area contributed by atoms with Gasteiger partial charge in [-0.15, -0.1) is 0 Å². The Morgan fingerprint density at radius 1 is 1.21 bits per heavy atom. The van der Waals surface area contributed by atoms with Crippen molar-refractivity contribution in [3.8, 4) is 11.6 Å². The molecule has 0 saturated carbocycles. The fourth-order valence-corrected chi connectivity index (χ4v) is 1.54. The number of methoxy groups -OCH3 is 1. The Morgan fingerprint density at radius 3 is 2.58 bits per heavy atom. The highest BCUT2D eigenvalue weighted by Crippen LogP contribution is 2.14. The Kier molecular flexibility index (Phi) is 3.97. The number of nitrogens with one attached hydrogen (secondary N) is 1. The van der Waals surface area contributed by atoms with Crippen LogP contribution in [0.1, 0.15) is 11.3 Å². The number of nitrogen functional groups attached to an aromatic ring is 1. The summed E-state index contributed by atoms with van der Waals surface area (Å²) in [4.78, 5) is 4.25. The summed E-state index contributed by atoms with van der Waals surface area (Å²) in [6.07, 6.45) is 0. The summed E-state index contributed by atoms with van der Waals surface area (Å²) in [5.74, 6) is 1.31. The second-order valence-electron chi connectivity index (χ2n) is 3.90. The number of ether oxygens (including phenoxy) is 2. The molecular weight excluding hydrogens is 242 g/mol. The zero-order valence-electron chi connectivity index (χ0n) is 10.6. The maximum atomic E-state index is 7.30. The Balaban J connectivity index is 1.99. The van der Waals surface area contributed by atoms with E-state index >= 15 is 0 Å². The first-order valence-electron chi connectivity index (χ1n) is 5.76. The molecule has 1 aromatic carbocycles. The number of hydrogen-bond donors (Lipinski definition) is 2. The SMILES string of the molecule is COc1cccc(COc2ccc(C(=N)N)cc2)n1. The molecule has 0 unspecified atom stereocenters. The van der Waals surface area contributed by atoms with E-state index in [0.29, 0.717) is 23.8 Å². The third kappa shape index (κ3) is 3.45. The lowest BCUT2D eigenvalue weighted by molar-refractivity contribution is 0.298. The van der Waals surface area contributed by atoms with Crippen molar-refractivity contribution in [2.45, 2.75) is 6.61 Å². The number of aromatic nitrogens is 1. The van der Waals surface area contributed by atoms with Crippen molar-refractivity contribution in [1.82, 2.24) is 4.98 Å². The number of rotatable bonds is 5. The van der Waals surface area contributed by atoms with Crippen molar-refractivity contribution in [3.05, 3.63) is 53.7 Å². The third-order valence-electron chi connectivity index (χ3n) is 2.54. The summed E-state index contributed by atoms with van der Waals surface area (Å²) >= 11 is 0. The average Bonchev–Trinajstić information content (AvgIpc) is 2.46. The van der Waals surface area contributed by atoms with Gasteiger partial charge in [-0.3, -0.25) is 5.41 Å². The molecule has 0 radical (unpaired) electrons. The Hall–Kier alpha value is -2.56. The van der Waals surface area contributed by atoms with E-state index in [2.05, 4.69) is 4.98 Å². The molecule has 2 rings (SSSR count). The lowest BCUT2D eigenvalue weighted by Crippen LogP contribution is -2.10. The summed E-state index contributed by atoms with van der Waals surface area (Å²) in [5.41, 5.74) is 6.84. The molecule has 1 heterocycles. The van der Waals surface area contributed by atoms with E-state index in [0.717, 1.165) is 5.69 Å². The largest absolute Gasteiger partial charge is 0.487 e. The fraction of sp³-hybridized carbons (Fsp3) is 0.143. The molecule has 0 saturated heterocycles. The quantitative estimate of drug-likeness (QED) is 0.633. The van der Waals surface area contributed by atoms with E-state index in [4.69, 9.17) is 20.6 Å². The summed E-state index contributed by atoms with van der Waals surface area (Å²) in [7, 11) is 1.58. The standard InChI is InChI=1S/C14H15N3O2/c1-18-13-4-2-3-11(17-13)9-19-12-7-5-10(6-8-12)14(15)16/h2-8H,9H2,1H3,(H3,15,16). The number of pyridine rings is 1. The average molecular weight is 257 g/mol. The highest BCUT2D eigenvalue weighted by Gasteiger charge is 2.01. The normalized spacial score (nSPS) is 9.95. The van der Waals surface area contributed by atoms with Gasteiger partial charge in [-0.2, -0.15) is 0 Å². The number of amidine groups is 1. The molecule has 0 spiro atoms. The van der Waals surface area contributed by atoms with Crippen LogP contribution >= 0.6 is 0 Å². The van der Waals surface area contributed by atoms with E-state index in [9.17, 15) is 0 Å². The minimum Gasteiger partial charge on any atom is -0.487 e. The molecule has 0 amide bonds. The van der Waals surface area contributed by atoms with Gasteiger partial charge < -0.3 is 15.2 Å². The van der Waals surface area contributed by atoms with Gasteiger partial charge >= 0.3 is 0 Å². The number of nitrogens with two attached hydrogens (primary N) is 1. The molecular formula is C14H15N3O2. The molecule has 0 fully saturated rings. The van der Waals surface area contributed by atoms with Crippen molar-refractivity contribution in [3.63, 3.8) is 0 Å². The summed E-state index contributed by atoms with van der Waals surface area (Å²) in [5, 5.41) is 7.30. The zero-order valence-corrected chi connectivity index (χ0v) is 10.6. The van der Waals surface area contributed by atoms with Gasteiger partial charge in [-0.1, -0.05) is 6.07 Å². The predicted octanol–water partition coefficient (Wildman–Crippen LogP) is 1.95. The second kappa shape index (κ2) is 5.86. The fourth-order valence-electron chi connectivity index (χ4n) is 1.54. The molecule has 0 aliphatic rings. The first-order valence-corrected chi connectivity index (χ1v) is 5.76. The van der Waals surface area contributed by atoms with E-state index in [1.165, 1.54) is 0 Å². The molecule has 0 atom stereocenters. The van der Waals surface area contributed by atoms with Crippen LogP contribution in [0.25, 0.3) is 0 Å². The number of nitrogens with zero attached hydrogens (tertiary/aromatic N) is 1. The van der Waals surface area contributed by atoms with Gasteiger partial charge in [-0.25, -0.2) is 4.98 Å². The molecule has 1 aromatic heterocycles. The van der Waals surface area contributed by atoms with Gasteiger partial charge in [0.25, 0.3) is 0 Å². The van der Waals surface area contributed by atoms with Crippen molar-refractivity contribution in [2.24, 2.45) is 5.73 Å². The smallest absolute Gasteiger partial charge is 0.213 e. The maximum absolute atomic E-state index is 7.30. The first-order chi connectivity index (χ1) is 9.19. The molecule has 5 heteroatoms.